The summed E-state index contributed by atoms with van der Waals surface area (Å²) >= 11 is 0. The van der Waals surface area contributed by atoms with Crippen molar-refractivity contribution in [2.75, 3.05) is 6.61 Å². The lowest BCUT2D eigenvalue weighted by Crippen LogP contribution is -2.00. The van der Waals surface area contributed by atoms with Crippen LogP contribution >= 0.6 is 0 Å². The van der Waals surface area contributed by atoms with Crippen molar-refractivity contribution in [2.24, 2.45) is 0 Å². The van der Waals surface area contributed by atoms with Crippen LogP contribution in [0.5, 0.6) is 5.75 Å². The molecule has 0 unspecified atom stereocenters. The Morgan fingerprint density at radius 3 is 2.06 bits per heavy atom. The molecule has 0 radical (unpaired) electrons. The highest BCUT2D eigenvalue weighted by Gasteiger charge is 2.12. The third-order valence-electron chi connectivity index (χ3n) is 6.24. The van der Waals surface area contributed by atoms with Crippen LogP contribution in [0.25, 0.3) is 17.2 Å². The number of carboxylic acids is 1. The number of benzene rings is 2. The van der Waals surface area contributed by atoms with Gasteiger partial charge in [0, 0.05) is 0 Å². The van der Waals surface area contributed by atoms with Crippen LogP contribution < -0.4 is 4.74 Å². The maximum atomic E-state index is 11.8. The normalized spacial score (nSPS) is 11.2. The van der Waals surface area contributed by atoms with E-state index in [1.807, 2.05) is 36.4 Å². The van der Waals surface area contributed by atoms with Gasteiger partial charge in [-0.25, -0.2) is 4.79 Å². The summed E-state index contributed by atoms with van der Waals surface area (Å²) in [7, 11) is 0. The summed E-state index contributed by atoms with van der Waals surface area (Å²) in [6.07, 6.45) is 20.6. The molecule has 3 nitrogen and oxygen atoms in total. The van der Waals surface area contributed by atoms with E-state index in [4.69, 9.17) is 4.74 Å². The predicted molar refractivity (Wildman–Crippen MR) is 145 cm³/mol. The van der Waals surface area contributed by atoms with E-state index in [9.17, 15) is 9.90 Å². The number of unbranched alkanes of at least 4 members (excludes halogenated alkanes) is 11. The SMILES string of the molecule is CCCCCCCC=Cc1ccc(C(=O)O)c(-c2ccc(OCCCCCCCCC)cc2)c1. The molecule has 0 atom stereocenters. The lowest BCUT2D eigenvalue weighted by Gasteiger charge is -2.10. The molecule has 34 heavy (non-hydrogen) atoms. The molecule has 0 bridgehead atoms. The van der Waals surface area contributed by atoms with Crippen molar-refractivity contribution >= 4 is 12.0 Å². The number of allylic oxidation sites excluding steroid dienone is 1. The summed E-state index contributed by atoms with van der Waals surface area (Å²) in [5, 5.41) is 9.68. The second-order valence-corrected chi connectivity index (χ2v) is 9.21. The molecule has 0 aliphatic carbocycles. The zero-order valence-corrected chi connectivity index (χ0v) is 21.4. The minimum atomic E-state index is -0.902. The molecule has 0 heterocycles. The third-order valence-corrected chi connectivity index (χ3v) is 6.24. The van der Waals surface area contributed by atoms with Crippen LogP contribution in [0.15, 0.2) is 48.5 Å². The Morgan fingerprint density at radius 2 is 1.41 bits per heavy atom. The Balaban J connectivity index is 1.91. The smallest absolute Gasteiger partial charge is 0.336 e. The first kappa shape index (κ1) is 27.7. The highest BCUT2D eigenvalue weighted by atomic mass is 16.5. The Morgan fingerprint density at radius 1 is 0.794 bits per heavy atom. The monoisotopic (exact) mass is 464 g/mol. The van der Waals surface area contributed by atoms with Gasteiger partial charge in [-0.15, -0.1) is 0 Å². The fourth-order valence-corrected chi connectivity index (χ4v) is 4.16. The van der Waals surface area contributed by atoms with Gasteiger partial charge in [0.15, 0.2) is 0 Å². The van der Waals surface area contributed by atoms with Gasteiger partial charge in [0.2, 0.25) is 0 Å². The van der Waals surface area contributed by atoms with E-state index in [0.717, 1.165) is 41.9 Å². The number of hydrogen-bond donors (Lipinski definition) is 1. The van der Waals surface area contributed by atoms with E-state index in [-0.39, 0.29) is 0 Å². The van der Waals surface area contributed by atoms with Crippen LogP contribution in [-0.4, -0.2) is 17.7 Å². The summed E-state index contributed by atoms with van der Waals surface area (Å²) in [5.41, 5.74) is 3.01. The molecular formula is C31H44O3. The van der Waals surface area contributed by atoms with Gasteiger partial charge in [-0.1, -0.05) is 108 Å². The van der Waals surface area contributed by atoms with Crippen LogP contribution in [-0.2, 0) is 0 Å². The summed E-state index contributed by atoms with van der Waals surface area (Å²) in [6, 6.07) is 13.4. The molecule has 2 aromatic carbocycles. The largest absolute Gasteiger partial charge is 0.494 e. The number of carbonyl (C=O) groups is 1. The van der Waals surface area contributed by atoms with Crippen LogP contribution in [0, 0.1) is 0 Å². The fourth-order valence-electron chi connectivity index (χ4n) is 4.16. The molecule has 0 saturated carbocycles. The van der Waals surface area contributed by atoms with E-state index in [0.29, 0.717) is 5.56 Å². The van der Waals surface area contributed by atoms with Gasteiger partial charge in [0.1, 0.15) is 5.75 Å². The standard InChI is InChI=1S/C31H44O3/c1-3-5-7-9-11-13-15-17-26-18-23-29(31(32)33)30(25-26)27-19-21-28(22-20-27)34-24-16-14-12-10-8-6-4-2/h15,17-23,25H,3-14,16,24H2,1-2H3,(H,32,33). The van der Waals surface area contributed by atoms with Crippen molar-refractivity contribution in [1.82, 2.24) is 0 Å². The first-order chi connectivity index (χ1) is 16.7. The lowest BCUT2D eigenvalue weighted by molar-refractivity contribution is 0.0697. The molecule has 0 aromatic heterocycles. The van der Waals surface area contributed by atoms with Crippen molar-refractivity contribution < 1.29 is 14.6 Å². The first-order valence-electron chi connectivity index (χ1n) is 13.4. The van der Waals surface area contributed by atoms with Crippen LogP contribution in [0.3, 0.4) is 0 Å². The molecule has 0 saturated heterocycles. The molecular weight excluding hydrogens is 420 g/mol. The second kappa shape index (κ2) is 17.0. The van der Waals surface area contributed by atoms with Crippen LogP contribution in [0.1, 0.15) is 113 Å². The molecule has 0 amide bonds. The molecule has 2 aromatic rings. The van der Waals surface area contributed by atoms with Gasteiger partial charge in [0.05, 0.1) is 12.2 Å². The average Bonchev–Trinajstić information content (AvgIpc) is 2.85. The van der Waals surface area contributed by atoms with Crippen LogP contribution in [0.4, 0.5) is 0 Å². The summed E-state index contributed by atoms with van der Waals surface area (Å²) in [4.78, 5) is 11.8. The third kappa shape index (κ3) is 10.6. The Labute approximate surface area is 207 Å². The minimum absolute atomic E-state index is 0.327. The number of aromatic carboxylic acids is 1. The van der Waals surface area contributed by atoms with Gasteiger partial charge in [-0.3, -0.25) is 0 Å². The van der Waals surface area contributed by atoms with E-state index in [1.54, 1.807) is 6.07 Å². The zero-order valence-electron chi connectivity index (χ0n) is 21.4. The molecule has 186 valence electrons. The quantitative estimate of drug-likeness (QED) is 0.223. The van der Waals surface area contributed by atoms with Gasteiger partial charge in [-0.05, 0) is 60.2 Å². The summed E-state index contributed by atoms with van der Waals surface area (Å²) < 4.78 is 5.90. The molecule has 1 N–H and O–H groups in total. The fraction of sp³-hybridized carbons (Fsp3) is 0.516. The van der Waals surface area contributed by atoms with Gasteiger partial charge >= 0.3 is 5.97 Å². The van der Waals surface area contributed by atoms with E-state index in [2.05, 4.69) is 26.0 Å². The van der Waals surface area contributed by atoms with Crippen molar-refractivity contribution in [3.63, 3.8) is 0 Å². The lowest BCUT2D eigenvalue weighted by atomic mass is 9.97. The molecule has 2 rings (SSSR count). The number of hydrogen-bond acceptors (Lipinski definition) is 2. The number of ether oxygens (including phenoxy) is 1. The van der Waals surface area contributed by atoms with Gasteiger partial charge < -0.3 is 9.84 Å². The number of rotatable bonds is 18. The molecule has 0 spiro atoms. The topological polar surface area (TPSA) is 46.5 Å². The second-order valence-electron chi connectivity index (χ2n) is 9.21. The average molecular weight is 465 g/mol. The van der Waals surface area contributed by atoms with E-state index < -0.39 is 5.97 Å². The first-order valence-corrected chi connectivity index (χ1v) is 13.4. The van der Waals surface area contributed by atoms with Gasteiger partial charge in [-0.2, -0.15) is 0 Å². The van der Waals surface area contributed by atoms with Crippen molar-refractivity contribution in [2.45, 2.75) is 97.3 Å². The van der Waals surface area contributed by atoms with Crippen LogP contribution in [0.2, 0.25) is 0 Å². The van der Waals surface area contributed by atoms with E-state index in [1.165, 1.54) is 70.6 Å². The minimum Gasteiger partial charge on any atom is -0.494 e. The predicted octanol–water partition coefficient (Wildman–Crippen LogP) is 9.55. The molecule has 0 aliphatic heterocycles. The summed E-state index contributed by atoms with van der Waals surface area (Å²) in [5.74, 6) is -0.0635. The van der Waals surface area contributed by atoms with Crippen molar-refractivity contribution in [3.8, 4) is 16.9 Å². The maximum absolute atomic E-state index is 11.8. The Kier molecular flexibility index (Phi) is 13.8. The highest BCUT2D eigenvalue weighted by Crippen LogP contribution is 2.28. The van der Waals surface area contributed by atoms with Crippen molar-refractivity contribution in [3.05, 3.63) is 59.7 Å². The summed E-state index contributed by atoms with van der Waals surface area (Å²) in [6.45, 7) is 5.20. The highest BCUT2D eigenvalue weighted by molar-refractivity contribution is 5.96. The molecule has 0 aliphatic rings. The Hall–Kier alpha value is -2.55. The van der Waals surface area contributed by atoms with Gasteiger partial charge in [0.25, 0.3) is 0 Å². The maximum Gasteiger partial charge on any atom is 0.336 e. The van der Waals surface area contributed by atoms with E-state index >= 15 is 0 Å². The zero-order chi connectivity index (χ0) is 24.4. The molecule has 0 fully saturated rings. The molecule has 3 heteroatoms. The Bertz CT molecular complexity index is 851. The number of carboxylic acid groups (broad SMARTS) is 1. The van der Waals surface area contributed by atoms with Crippen molar-refractivity contribution in [1.29, 1.82) is 0 Å².